The number of fused-ring (bicyclic) bond motifs is 3. The Kier molecular flexibility index (Phi) is 6.32. The van der Waals surface area contributed by atoms with Gasteiger partial charge in [0.15, 0.2) is 0 Å². The number of aliphatic carboxylic acids is 1. The third kappa shape index (κ3) is 4.55. The fraction of sp³-hybridized carbons (Fsp3) is 0.393. The van der Waals surface area contributed by atoms with Gasteiger partial charge in [-0.2, -0.15) is 0 Å². The van der Waals surface area contributed by atoms with Gasteiger partial charge in [-0.05, 0) is 47.9 Å². The number of hydrogen-bond acceptors (Lipinski definition) is 4. The summed E-state index contributed by atoms with van der Waals surface area (Å²) >= 11 is 0. The van der Waals surface area contributed by atoms with E-state index in [1.807, 2.05) is 36.4 Å². The molecule has 0 bridgehead atoms. The number of ether oxygens (including phenoxy) is 1. The second kappa shape index (κ2) is 9.56. The molecule has 2 unspecified atom stereocenters. The fourth-order valence-corrected chi connectivity index (χ4v) is 5.47. The van der Waals surface area contributed by atoms with E-state index >= 15 is 0 Å². The zero-order chi connectivity index (χ0) is 24.4. The molecule has 7 nitrogen and oxygen atoms in total. The van der Waals surface area contributed by atoms with E-state index in [4.69, 9.17) is 4.74 Å². The number of allylic oxidation sites excluding steroid dienone is 1. The quantitative estimate of drug-likeness (QED) is 0.521. The molecule has 182 valence electrons. The van der Waals surface area contributed by atoms with Gasteiger partial charge < -0.3 is 20.5 Å². The average molecular weight is 475 g/mol. The maximum Gasteiger partial charge on any atom is 0.407 e. The Labute approximate surface area is 204 Å². The van der Waals surface area contributed by atoms with Crippen molar-refractivity contribution in [2.24, 2.45) is 11.3 Å². The summed E-state index contributed by atoms with van der Waals surface area (Å²) in [4.78, 5) is 36.8. The fourth-order valence-electron chi connectivity index (χ4n) is 5.47. The number of alkyl carbamates (subject to hydrolysis) is 1. The first-order chi connectivity index (χ1) is 17.0. The average Bonchev–Trinajstić information content (AvgIpc) is 3.15. The predicted molar refractivity (Wildman–Crippen MR) is 131 cm³/mol. The van der Waals surface area contributed by atoms with E-state index in [1.165, 1.54) is 11.1 Å². The zero-order valence-corrected chi connectivity index (χ0v) is 19.5. The van der Waals surface area contributed by atoms with Gasteiger partial charge in [0.25, 0.3) is 0 Å². The Morgan fingerprint density at radius 1 is 1.00 bits per heavy atom. The maximum absolute atomic E-state index is 12.7. The molecule has 5 rings (SSSR count). The Morgan fingerprint density at radius 3 is 2.26 bits per heavy atom. The van der Waals surface area contributed by atoms with Gasteiger partial charge in [0, 0.05) is 18.4 Å². The lowest BCUT2D eigenvalue weighted by molar-refractivity contribution is -0.154. The molecular weight excluding hydrogens is 444 g/mol. The van der Waals surface area contributed by atoms with E-state index in [1.54, 1.807) is 0 Å². The lowest BCUT2D eigenvalue weighted by atomic mass is 9.68. The van der Waals surface area contributed by atoms with Crippen molar-refractivity contribution in [3.63, 3.8) is 0 Å². The van der Waals surface area contributed by atoms with Gasteiger partial charge in [0.1, 0.15) is 6.61 Å². The van der Waals surface area contributed by atoms with E-state index in [9.17, 15) is 19.5 Å². The highest BCUT2D eigenvalue weighted by Gasteiger charge is 2.44. The van der Waals surface area contributed by atoms with Crippen LogP contribution in [0.4, 0.5) is 4.79 Å². The molecule has 2 aromatic rings. The SMILES string of the molecule is O=C(NC1C=CCC(C(=O)NCC2(C(=O)O)CCC2)C1)OCC1c2ccccc2-c2ccccc21. The van der Waals surface area contributed by atoms with Crippen molar-refractivity contribution < 1.29 is 24.2 Å². The molecule has 3 aliphatic carbocycles. The Balaban J connectivity index is 1.14. The van der Waals surface area contributed by atoms with Crippen molar-refractivity contribution in [1.82, 2.24) is 10.6 Å². The minimum absolute atomic E-state index is 0.0124. The largest absolute Gasteiger partial charge is 0.481 e. The first-order valence-corrected chi connectivity index (χ1v) is 12.3. The molecule has 0 saturated heterocycles. The highest BCUT2D eigenvalue weighted by molar-refractivity contribution is 5.82. The van der Waals surface area contributed by atoms with Crippen LogP contribution in [0.2, 0.25) is 0 Å². The summed E-state index contributed by atoms with van der Waals surface area (Å²) in [6.07, 6.45) is 6.34. The molecular formula is C28H30N2O5. The highest BCUT2D eigenvalue weighted by atomic mass is 16.5. The summed E-state index contributed by atoms with van der Waals surface area (Å²) in [5, 5.41) is 15.2. The zero-order valence-electron chi connectivity index (χ0n) is 19.5. The van der Waals surface area contributed by atoms with Gasteiger partial charge >= 0.3 is 12.1 Å². The number of benzene rings is 2. The number of carboxylic acids is 1. The normalized spacial score (nSPS) is 21.8. The van der Waals surface area contributed by atoms with E-state index in [0.29, 0.717) is 25.7 Å². The molecule has 3 N–H and O–H groups in total. The molecule has 1 fully saturated rings. The second-order valence-electron chi connectivity index (χ2n) is 9.83. The number of amides is 2. The van der Waals surface area contributed by atoms with Crippen molar-refractivity contribution in [2.75, 3.05) is 13.2 Å². The standard InChI is InChI=1S/C28H30N2O5/c31-25(29-17-28(26(32)33)13-6-14-28)18-7-5-8-19(15-18)30-27(34)35-16-24-22-11-3-1-9-20(22)21-10-2-4-12-23(21)24/h1-5,8-12,18-19,24H,6-7,13-17H2,(H,29,31)(H,30,34)(H,32,33). The number of carboxylic acid groups (broad SMARTS) is 1. The van der Waals surface area contributed by atoms with Crippen molar-refractivity contribution >= 4 is 18.0 Å². The minimum Gasteiger partial charge on any atom is -0.481 e. The molecule has 0 aromatic heterocycles. The summed E-state index contributed by atoms with van der Waals surface area (Å²) < 4.78 is 5.63. The van der Waals surface area contributed by atoms with Crippen LogP contribution in [0, 0.1) is 11.3 Å². The second-order valence-corrected chi connectivity index (χ2v) is 9.83. The molecule has 35 heavy (non-hydrogen) atoms. The first-order valence-electron chi connectivity index (χ1n) is 12.3. The van der Waals surface area contributed by atoms with Gasteiger partial charge in [-0.25, -0.2) is 4.79 Å². The van der Waals surface area contributed by atoms with Crippen molar-refractivity contribution in [3.05, 3.63) is 71.8 Å². The van der Waals surface area contributed by atoms with Gasteiger partial charge in [0.2, 0.25) is 5.91 Å². The molecule has 0 radical (unpaired) electrons. The van der Waals surface area contributed by atoms with Gasteiger partial charge in [0.05, 0.1) is 11.5 Å². The van der Waals surface area contributed by atoms with Crippen LogP contribution in [0.5, 0.6) is 0 Å². The van der Waals surface area contributed by atoms with Crippen molar-refractivity contribution in [3.8, 4) is 11.1 Å². The molecule has 2 amide bonds. The van der Waals surface area contributed by atoms with Crippen molar-refractivity contribution in [1.29, 1.82) is 0 Å². The van der Waals surface area contributed by atoms with Gasteiger partial charge in [-0.15, -0.1) is 0 Å². The first kappa shape index (κ1) is 23.1. The number of rotatable bonds is 7. The topological polar surface area (TPSA) is 105 Å². The molecule has 2 aromatic carbocycles. The molecule has 1 saturated carbocycles. The smallest absolute Gasteiger partial charge is 0.407 e. The molecule has 0 spiro atoms. The van der Waals surface area contributed by atoms with E-state index in [0.717, 1.165) is 17.5 Å². The Hall–Kier alpha value is -3.61. The van der Waals surface area contributed by atoms with E-state index in [-0.39, 0.29) is 36.9 Å². The predicted octanol–water partition coefficient (Wildman–Crippen LogP) is 4.23. The lowest BCUT2D eigenvalue weighted by Gasteiger charge is -2.38. The van der Waals surface area contributed by atoms with Crippen LogP contribution in [-0.4, -0.2) is 42.3 Å². The lowest BCUT2D eigenvalue weighted by Crippen LogP contribution is -2.49. The summed E-state index contributed by atoms with van der Waals surface area (Å²) in [5.74, 6) is -1.34. The molecule has 7 heteroatoms. The Morgan fingerprint density at radius 2 is 1.66 bits per heavy atom. The van der Waals surface area contributed by atoms with Crippen LogP contribution < -0.4 is 10.6 Å². The van der Waals surface area contributed by atoms with Crippen LogP contribution in [0.25, 0.3) is 11.1 Å². The minimum atomic E-state index is -0.845. The number of carbonyl (C=O) groups excluding carboxylic acids is 2. The summed E-state index contributed by atoms with van der Waals surface area (Å²) in [5.41, 5.74) is 3.84. The number of carbonyl (C=O) groups is 3. The Bertz CT molecular complexity index is 1120. The summed E-state index contributed by atoms with van der Waals surface area (Å²) in [7, 11) is 0. The van der Waals surface area contributed by atoms with Gasteiger partial charge in [-0.3, -0.25) is 9.59 Å². The summed E-state index contributed by atoms with van der Waals surface area (Å²) in [6, 6.07) is 16.1. The molecule has 0 aliphatic heterocycles. The summed E-state index contributed by atoms with van der Waals surface area (Å²) in [6.45, 7) is 0.392. The monoisotopic (exact) mass is 474 g/mol. The van der Waals surface area contributed by atoms with Gasteiger partial charge in [-0.1, -0.05) is 67.1 Å². The molecule has 0 heterocycles. The van der Waals surface area contributed by atoms with Crippen LogP contribution in [0.3, 0.4) is 0 Å². The maximum atomic E-state index is 12.7. The van der Waals surface area contributed by atoms with Crippen LogP contribution in [-0.2, 0) is 14.3 Å². The van der Waals surface area contributed by atoms with Crippen LogP contribution >= 0.6 is 0 Å². The van der Waals surface area contributed by atoms with Crippen molar-refractivity contribution in [2.45, 2.75) is 44.1 Å². The van der Waals surface area contributed by atoms with E-state index < -0.39 is 17.5 Å². The molecule has 3 aliphatic rings. The number of nitrogens with one attached hydrogen (secondary N) is 2. The third-order valence-electron chi connectivity index (χ3n) is 7.71. The van der Waals surface area contributed by atoms with E-state index in [2.05, 4.69) is 34.9 Å². The van der Waals surface area contributed by atoms with Crippen LogP contribution in [0.15, 0.2) is 60.7 Å². The molecule has 2 atom stereocenters. The van der Waals surface area contributed by atoms with Crippen LogP contribution in [0.1, 0.15) is 49.1 Å². The highest BCUT2D eigenvalue weighted by Crippen LogP contribution is 2.44. The third-order valence-corrected chi connectivity index (χ3v) is 7.71. The number of hydrogen-bond donors (Lipinski definition) is 3.